The van der Waals surface area contributed by atoms with Crippen LogP contribution in [0, 0.1) is 5.92 Å². The maximum absolute atomic E-state index is 13.5. The molecule has 0 spiro atoms. The van der Waals surface area contributed by atoms with E-state index in [4.69, 9.17) is 0 Å². The molecule has 0 aromatic carbocycles. The van der Waals surface area contributed by atoms with Gasteiger partial charge < -0.3 is 9.84 Å². The van der Waals surface area contributed by atoms with E-state index in [9.17, 15) is 14.3 Å². The molecule has 3 atom stereocenters. The zero-order valence-corrected chi connectivity index (χ0v) is 7.50. The monoisotopic (exact) mass is 188 g/mol. The molecule has 0 aromatic rings. The molecular formula is C9H13FO3. The topological polar surface area (TPSA) is 46.5 Å². The van der Waals surface area contributed by atoms with Crippen molar-refractivity contribution < 1.29 is 19.0 Å². The highest BCUT2D eigenvalue weighted by Gasteiger charge is 2.53. The molecule has 1 aliphatic rings. The van der Waals surface area contributed by atoms with E-state index in [-0.39, 0.29) is 12.8 Å². The number of rotatable bonds is 3. The lowest BCUT2D eigenvalue weighted by atomic mass is 9.97. The molecule has 1 unspecified atom stereocenters. The highest BCUT2D eigenvalue weighted by molar-refractivity contribution is 5.90. The minimum atomic E-state index is -2.30. The Morgan fingerprint density at radius 2 is 2.46 bits per heavy atom. The number of Topliss-reactive ketones (excluding diaryl/α,β-unsaturated/α-hetero) is 1. The van der Waals surface area contributed by atoms with Gasteiger partial charge in [0.2, 0.25) is 5.78 Å². The number of hydrogen-bond acceptors (Lipinski definition) is 3. The molecule has 4 heteroatoms. The average molecular weight is 188 g/mol. The smallest absolute Gasteiger partial charge is 0.270 e. The van der Waals surface area contributed by atoms with Crippen molar-refractivity contribution in [2.75, 3.05) is 0 Å². The summed E-state index contributed by atoms with van der Waals surface area (Å²) in [6.45, 7) is 4.93. The van der Waals surface area contributed by atoms with Crippen LogP contribution in [-0.4, -0.2) is 23.0 Å². The number of carbonyl (C=O) groups excluding carboxylic acids is 1. The fraction of sp³-hybridized carbons (Fsp3) is 0.667. The van der Waals surface area contributed by atoms with E-state index >= 15 is 0 Å². The molecule has 74 valence electrons. The van der Waals surface area contributed by atoms with Crippen molar-refractivity contribution in [3.05, 3.63) is 12.7 Å². The molecule has 1 aliphatic heterocycles. The quantitative estimate of drug-likeness (QED) is 0.676. The molecule has 1 rings (SSSR count). The lowest BCUT2D eigenvalue weighted by molar-refractivity contribution is -0.201. The summed E-state index contributed by atoms with van der Waals surface area (Å²) >= 11 is 0. The van der Waals surface area contributed by atoms with Crippen LogP contribution in [0.5, 0.6) is 0 Å². The molecule has 1 fully saturated rings. The maximum atomic E-state index is 13.5. The number of allylic oxidation sites excluding steroid dienone is 1. The molecule has 0 amide bonds. The number of halogens is 1. The Hall–Kier alpha value is -0.740. The second-order valence-electron chi connectivity index (χ2n) is 3.09. The van der Waals surface area contributed by atoms with Crippen molar-refractivity contribution in [2.24, 2.45) is 5.92 Å². The molecule has 3 nitrogen and oxygen atoms in total. The Labute approximate surface area is 76.2 Å². The molecule has 0 aliphatic carbocycles. The van der Waals surface area contributed by atoms with Crippen LogP contribution in [0.25, 0.3) is 0 Å². The standard InChI is InChI=1S/C9H13FO3/c1-3-5-6-7(11)9(10,4-2)13-8(6)12/h3,6,8,12H,1,4-5H2,2H3/t6-,8?,9+/m1/s1. The summed E-state index contributed by atoms with van der Waals surface area (Å²) in [5.41, 5.74) is 0. The van der Waals surface area contributed by atoms with Gasteiger partial charge in [-0.2, -0.15) is 0 Å². The fourth-order valence-electron chi connectivity index (χ4n) is 1.40. The minimum Gasteiger partial charge on any atom is -0.367 e. The number of hydrogen-bond donors (Lipinski definition) is 1. The summed E-state index contributed by atoms with van der Waals surface area (Å²) in [7, 11) is 0. The van der Waals surface area contributed by atoms with Gasteiger partial charge in [-0.1, -0.05) is 13.0 Å². The number of aliphatic hydroxyl groups excluding tert-OH is 1. The first-order chi connectivity index (χ1) is 6.05. The number of alkyl halides is 1. The van der Waals surface area contributed by atoms with Gasteiger partial charge in [-0.25, -0.2) is 4.39 Å². The van der Waals surface area contributed by atoms with E-state index in [2.05, 4.69) is 11.3 Å². The van der Waals surface area contributed by atoms with Crippen LogP contribution in [0.1, 0.15) is 19.8 Å². The zero-order valence-electron chi connectivity index (χ0n) is 7.50. The van der Waals surface area contributed by atoms with Gasteiger partial charge in [-0.15, -0.1) is 6.58 Å². The summed E-state index contributed by atoms with van der Waals surface area (Å²) < 4.78 is 18.1. The number of carbonyl (C=O) groups is 1. The van der Waals surface area contributed by atoms with Gasteiger partial charge in [0.15, 0.2) is 6.29 Å². The van der Waals surface area contributed by atoms with Gasteiger partial charge in [0.1, 0.15) is 0 Å². The molecule has 1 heterocycles. The largest absolute Gasteiger partial charge is 0.367 e. The Bertz CT molecular complexity index is 229. The number of aliphatic hydroxyl groups is 1. The van der Waals surface area contributed by atoms with E-state index < -0.39 is 23.8 Å². The lowest BCUT2D eigenvalue weighted by Crippen LogP contribution is -2.31. The Balaban J connectivity index is 2.80. The summed E-state index contributed by atoms with van der Waals surface area (Å²) in [6.07, 6.45) is 0.300. The van der Waals surface area contributed by atoms with Gasteiger partial charge >= 0.3 is 0 Å². The van der Waals surface area contributed by atoms with Crippen LogP contribution >= 0.6 is 0 Å². The van der Waals surface area contributed by atoms with E-state index in [1.807, 2.05) is 0 Å². The predicted molar refractivity (Wildman–Crippen MR) is 44.5 cm³/mol. The van der Waals surface area contributed by atoms with Crippen molar-refractivity contribution in [3.8, 4) is 0 Å². The number of ether oxygens (including phenoxy) is 1. The first-order valence-corrected chi connectivity index (χ1v) is 4.25. The van der Waals surface area contributed by atoms with E-state index in [0.717, 1.165) is 0 Å². The zero-order chi connectivity index (χ0) is 10.1. The molecule has 13 heavy (non-hydrogen) atoms. The predicted octanol–water partition coefficient (Wildman–Crippen LogP) is 1.17. The SMILES string of the molecule is C=CC[C@@H]1C(=O)[C@](F)(CC)OC1O. The van der Waals surface area contributed by atoms with Gasteiger partial charge in [0.05, 0.1) is 5.92 Å². The third kappa shape index (κ3) is 1.64. The van der Waals surface area contributed by atoms with Gasteiger partial charge in [-0.3, -0.25) is 4.79 Å². The maximum Gasteiger partial charge on any atom is 0.270 e. The normalized spacial score (nSPS) is 39.5. The third-order valence-corrected chi connectivity index (χ3v) is 2.23. The van der Waals surface area contributed by atoms with Crippen molar-refractivity contribution in [3.63, 3.8) is 0 Å². The van der Waals surface area contributed by atoms with Crippen LogP contribution in [0.2, 0.25) is 0 Å². The lowest BCUT2D eigenvalue weighted by Gasteiger charge is -2.13. The Kier molecular flexibility index (Phi) is 2.83. The molecule has 1 N–H and O–H groups in total. The third-order valence-electron chi connectivity index (χ3n) is 2.23. The van der Waals surface area contributed by atoms with Crippen molar-refractivity contribution in [1.29, 1.82) is 0 Å². The average Bonchev–Trinajstić information content (AvgIpc) is 2.31. The van der Waals surface area contributed by atoms with Crippen LogP contribution in [0.15, 0.2) is 12.7 Å². The molecule has 1 saturated heterocycles. The van der Waals surface area contributed by atoms with E-state index in [1.54, 1.807) is 0 Å². The van der Waals surface area contributed by atoms with E-state index in [0.29, 0.717) is 0 Å². The van der Waals surface area contributed by atoms with Crippen molar-refractivity contribution in [1.82, 2.24) is 0 Å². The summed E-state index contributed by atoms with van der Waals surface area (Å²) in [4.78, 5) is 11.4. The van der Waals surface area contributed by atoms with Crippen molar-refractivity contribution in [2.45, 2.75) is 31.9 Å². The van der Waals surface area contributed by atoms with Gasteiger partial charge in [0.25, 0.3) is 5.85 Å². The summed E-state index contributed by atoms with van der Waals surface area (Å²) in [6, 6.07) is 0. The Morgan fingerprint density at radius 1 is 1.85 bits per heavy atom. The number of ketones is 1. The summed E-state index contributed by atoms with van der Waals surface area (Å²) in [5.74, 6) is -3.78. The highest BCUT2D eigenvalue weighted by atomic mass is 19.2. The fourth-order valence-corrected chi connectivity index (χ4v) is 1.40. The minimum absolute atomic E-state index is 0.0729. The molecular weight excluding hydrogens is 175 g/mol. The van der Waals surface area contributed by atoms with Crippen LogP contribution < -0.4 is 0 Å². The van der Waals surface area contributed by atoms with E-state index in [1.165, 1.54) is 13.0 Å². The van der Waals surface area contributed by atoms with Gasteiger partial charge in [0, 0.05) is 6.42 Å². The molecule has 0 aromatic heterocycles. The van der Waals surface area contributed by atoms with Crippen LogP contribution in [0.3, 0.4) is 0 Å². The summed E-state index contributed by atoms with van der Waals surface area (Å²) in [5, 5.41) is 9.23. The first kappa shape index (κ1) is 10.3. The molecule has 0 radical (unpaired) electrons. The molecule has 0 bridgehead atoms. The second-order valence-corrected chi connectivity index (χ2v) is 3.09. The first-order valence-electron chi connectivity index (χ1n) is 4.25. The molecule has 0 saturated carbocycles. The second kappa shape index (κ2) is 3.55. The van der Waals surface area contributed by atoms with Gasteiger partial charge in [-0.05, 0) is 6.42 Å². The Morgan fingerprint density at radius 3 is 2.85 bits per heavy atom. The van der Waals surface area contributed by atoms with Crippen molar-refractivity contribution >= 4 is 5.78 Å². The van der Waals surface area contributed by atoms with Crippen LogP contribution in [-0.2, 0) is 9.53 Å². The van der Waals surface area contributed by atoms with Crippen LogP contribution in [0.4, 0.5) is 4.39 Å². The highest BCUT2D eigenvalue weighted by Crippen LogP contribution is 2.35.